The van der Waals surface area contributed by atoms with E-state index in [9.17, 15) is 4.79 Å². The van der Waals surface area contributed by atoms with E-state index in [1.807, 2.05) is 0 Å². The first-order valence-electron chi connectivity index (χ1n) is 12.8. The number of Topliss-reactive ketones (excluding diaryl/α,β-unsaturated/α-hetero) is 1. The van der Waals surface area contributed by atoms with Gasteiger partial charge in [0.2, 0.25) is 0 Å². The molecule has 0 N–H and O–H groups in total. The summed E-state index contributed by atoms with van der Waals surface area (Å²) in [5, 5.41) is 0. The molecule has 0 aromatic rings. The number of hydrogen-bond donors (Lipinski definition) is 0. The molecule has 32 heavy (non-hydrogen) atoms. The minimum absolute atomic E-state index is 0.215. The molecule has 0 fully saturated rings. The Kier molecular flexibility index (Phi) is 8.42. The van der Waals surface area contributed by atoms with Crippen LogP contribution in [0.25, 0.3) is 0 Å². The first-order valence-corrected chi connectivity index (χ1v) is 12.8. The molecule has 176 valence electrons. The van der Waals surface area contributed by atoms with Crippen LogP contribution in [0.1, 0.15) is 105 Å². The highest BCUT2D eigenvalue weighted by molar-refractivity contribution is 5.88. The van der Waals surface area contributed by atoms with Gasteiger partial charge in [-0.15, -0.1) is 0 Å². The van der Waals surface area contributed by atoms with Gasteiger partial charge in [-0.3, -0.25) is 4.79 Å². The molecule has 2 heteroatoms. The van der Waals surface area contributed by atoms with Crippen molar-refractivity contribution in [1.29, 1.82) is 0 Å². The average molecular weight is 437 g/mol. The maximum atomic E-state index is 13.8. The SMILES string of the molecule is C=C(C)C1C/C=C(/C)CCCC2(CCC3=C(CC(C(=C)C)C/C=C(/C)CCC3)O2)C(=O)C1. The number of ketones is 1. The lowest BCUT2D eigenvalue weighted by atomic mass is 9.76. The van der Waals surface area contributed by atoms with Crippen molar-refractivity contribution < 1.29 is 9.53 Å². The van der Waals surface area contributed by atoms with Crippen molar-refractivity contribution in [3.05, 3.63) is 58.9 Å². The van der Waals surface area contributed by atoms with Crippen molar-refractivity contribution >= 4 is 5.78 Å². The number of rotatable bonds is 2. The molecule has 0 aromatic carbocycles. The Bertz CT molecular complexity index is 837. The monoisotopic (exact) mass is 436 g/mol. The maximum absolute atomic E-state index is 13.8. The zero-order chi connectivity index (χ0) is 23.3. The van der Waals surface area contributed by atoms with Gasteiger partial charge >= 0.3 is 0 Å². The van der Waals surface area contributed by atoms with Crippen LogP contribution in [0, 0.1) is 11.8 Å². The molecule has 3 atom stereocenters. The number of hydrogen-bond acceptors (Lipinski definition) is 2. The molecule has 0 saturated carbocycles. The summed E-state index contributed by atoms with van der Waals surface area (Å²) in [6.07, 6.45) is 16.2. The standard InChI is InChI=1S/C30H44O2/c1-21(2)26-14-12-23(5)9-7-11-25-16-18-30(32-28(25)19-26)17-8-10-24(6)13-15-27(22(3)4)20-29(30)31/h12-13,26-27H,1,3,7-11,14-20H2,2,4-6H3/b23-12-,24-13-. The molecule has 1 spiro atoms. The van der Waals surface area contributed by atoms with Crippen LogP contribution in [0.3, 0.4) is 0 Å². The highest BCUT2D eigenvalue weighted by Gasteiger charge is 2.44. The molecule has 0 bridgehead atoms. The van der Waals surface area contributed by atoms with Crippen LogP contribution in [-0.4, -0.2) is 11.4 Å². The van der Waals surface area contributed by atoms with Crippen LogP contribution in [0.4, 0.5) is 0 Å². The summed E-state index contributed by atoms with van der Waals surface area (Å²) in [6, 6.07) is 0. The Hall–Kier alpha value is -1.83. The Morgan fingerprint density at radius 2 is 1.47 bits per heavy atom. The number of allylic oxidation sites excluding steroid dienone is 8. The van der Waals surface area contributed by atoms with Crippen LogP contribution >= 0.6 is 0 Å². The molecule has 3 aliphatic rings. The zero-order valence-corrected chi connectivity index (χ0v) is 21.0. The lowest BCUT2D eigenvalue weighted by molar-refractivity contribution is -0.144. The topological polar surface area (TPSA) is 26.3 Å². The van der Waals surface area contributed by atoms with E-state index < -0.39 is 5.60 Å². The van der Waals surface area contributed by atoms with Gasteiger partial charge in [-0.2, -0.15) is 0 Å². The first kappa shape index (κ1) is 24.8. The minimum atomic E-state index is -0.653. The molecule has 2 aliphatic carbocycles. The van der Waals surface area contributed by atoms with E-state index in [0.717, 1.165) is 75.5 Å². The van der Waals surface area contributed by atoms with Crippen molar-refractivity contribution in [3.8, 4) is 0 Å². The van der Waals surface area contributed by atoms with E-state index in [4.69, 9.17) is 4.74 Å². The second-order valence-electron chi connectivity index (χ2n) is 10.8. The number of carbonyl (C=O) groups excluding carboxylic acids is 1. The fourth-order valence-electron chi connectivity index (χ4n) is 5.49. The third-order valence-electron chi connectivity index (χ3n) is 8.01. The van der Waals surface area contributed by atoms with Crippen LogP contribution in [0.15, 0.2) is 58.9 Å². The first-order chi connectivity index (χ1) is 15.2. The molecule has 3 rings (SSSR count). The van der Waals surface area contributed by atoms with Crippen LogP contribution in [0.5, 0.6) is 0 Å². The minimum Gasteiger partial charge on any atom is -0.484 e. The molecule has 1 aliphatic heterocycles. The van der Waals surface area contributed by atoms with Gasteiger partial charge in [-0.25, -0.2) is 0 Å². The lowest BCUT2D eigenvalue weighted by Gasteiger charge is -2.41. The van der Waals surface area contributed by atoms with E-state index in [2.05, 4.69) is 53.0 Å². The highest BCUT2D eigenvalue weighted by Crippen LogP contribution is 2.43. The Balaban J connectivity index is 1.90. The summed E-state index contributed by atoms with van der Waals surface area (Å²) in [4.78, 5) is 13.8. The highest BCUT2D eigenvalue weighted by atomic mass is 16.5. The fourth-order valence-corrected chi connectivity index (χ4v) is 5.49. The van der Waals surface area contributed by atoms with Crippen molar-refractivity contribution in [2.24, 2.45) is 11.8 Å². The molecule has 3 unspecified atom stereocenters. The molecule has 1 heterocycles. The summed E-state index contributed by atoms with van der Waals surface area (Å²) in [5.41, 5.74) is 6.04. The van der Waals surface area contributed by atoms with E-state index in [-0.39, 0.29) is 5.92 Å². The van der Waals surface area contributed by atoms with Crippen molar-refractivity contribution in [3.63, 3.8) is 0 Å². The summed E-state index contributed by atoms with van der Waals surface area (Å²) in [6.45, 7) is 17.2. The van der Waals surface area contributed by atoms with Gasteiger partial charge < -0.3 is 4.74 Å². The summed E-state index contributed by atoms with van der Waals surface area (Å²) in [5.74, 6) is 2.00. The lowest BCUT2D eigenvalue weighted by Crippen LogP contribution is -2.45. The molecule has 0 aromatic heterocycles. The predicted molar refractivity (Wildman–Crippen MR) is 135 cm³/mol. The Labute approximate surface area is 196 Å². The van der Waals surface area contributed by atoms with Gasteiger partial charge in [0.1, 0.15) is 0 Å². The molecule has 0 amide bonds. The maximum Gasteiger partial charge on any atom is 0.176 e. The van der Waals surface area contributed by atoms with Gasteiger partial charge in [0.25, 0.3) is 0 Å². The molecule has 0 radical (unpaired) electrons. The normalized spacial score (nSPS) is 33.8. The van der Waals surface area contributed by atoms with E-state index >= 15 is 0 Å². The third kappa shape index (κ3) is 6.15. The van der Waals surface area contributed by atoms with Crippen molar-refractivity contribution in [1.82, 2.24) is 0 Å². The van der Waals surface area contributed by atoms with Gasteiger partial charge in [0.05, 0.1) is 5.76 Å². The average Bonchev–Trinajstić information content (AvgIpc) is 2.74. The second-order valence-corrected chi connectivity index (χ2v) is 10.8. The summed E-state index contributed by atoms with van der Waals surface area (Å²) < 4.78 is 6.88. The molecule has 0 saturated heterocycles. The zero-order valence-electron chi connectivity index (χ0n) is 21.0. The molecular weight excluding hydrogens is 392 g/mol. The van der Waals surface area contributed by atoms with Gasteiger partial charge in [-0.1, -0.05) is 47.6 Å². The van der Waals surface area contributed by atoms with Gasteiger partial charge in [0.15, 0.2) is 11.4 Å². The van der Waals surface area contributed by atoms with Crippen LogP contribution in [-0.2, 0) is 9.53 Å². The van der Waals surface area contributed by atoms with Crippen LogP contribution in [0.2, 0.25) is 0 Å². The quantitative estimate of drug-likeness (QED) is 0.405. The second kappa shape index (κ2) is 10.9. The largest absolute Gasteiger partial charge is 0.484 e. The molecular formula is C30H44O2. The van der Waals surface area contributed by atoms with E-state index in [1.165, 1.54) is 28.7 Å². The summed E-state index contributed by atoms with van der Waals surface area (Å²) in [7, 11) is 0. The van der Waals surface area contributed by atoms with Crippen molar-refractivity contribution in [2.75, 3.05) is 0 Å². The van der Waals surface area contributed by atoms with E-state index in [1.54, 1.807) is 0 Å². The molecule has 2 nitrogen and oxygen atoms in total. The Morgan fingerprint density at radius 1 is 0.875 bits per heavy atom. The number of ether oxygens (including phenoxy) is 1. The Morgan fingerprint density at radius 3 is 2.09 bits per heavy atom. The van der Waals surface area contributed by atoms with Gasteiger partial charge in [0, 0.05) is 12.8 Å². The smallest absolute Gasteiger partial charge is 0.176 e. The third-order valence-corrected chi connectivity index (χ3v) is 8.01. The van der Waals surface area contributed by atoms with Crippen LogP contribution < -0.4 is 0 Å². The van der Waals surface area contributed by atoms with Crippen molar-refractivity contribution in [2.45, 2.75) is 110 Å². The number of carbonyl (C=O) groups is 1. The van der Waals surface area contributed by atoms with Gasteiger partial charge in [-0.05, 0) is 109 Å². The predicted octanol–water partition coefficient (Wildman–Crippen LogP) is 8.56. The van der Waals surface area contributed by atoms with E-state index in [0.29, 0.717) is 18.1 Å². The fraction of sp³-hybridized carbons (Fsp3) is 0.633. The summed E-state index contributed by atoms with van der Waals surface area (Å²) >= 11 is 0.